The molecular weight excluding hydrogens is 487 g/mol. The number of nitrogens with zero attached hydrogens (tertiary/aromatic N) is 2. The highest BCUT2D eigenvalue weighted by atomic mass is 19.4. The van der Waals surface area contributed by atoms with Gasteiger partial charge in [0.2, 0.25) is 11.7 Å². The van der Waals surface area contributed by atoms with Crippen molar-refractivity contribution in [1.82, 2.24) is 9.88 Å². The number of nitrogens with one attached hydrogen (secondary N) is 1. The Morgan fingerprint density at radius 3 is 2.57 bits per heavy atom. The van der Waals surface area contributed by atoms with Gasteiger partial charge in [0.1, 0.15) is 0 Å². The standard InChI is InChI=1S/C27H26F3N3O4/c1-2-36-26(35)33-16-15-19(17-33)8-6-7-18-11-13-21(14-12-18)31-24(34)22-23(27(28,29)30)37-25(32-22)20-9-4-3-5-10-20/h3-7,9-14,19H,2,8,15-17H2,1H3,(H,31,34)/b7-6+/t19-/m0/s1. The molecule has 194 valence electrons. The van der Waals surface area contributed by atoms with Gasteiger partial charge in [-0.25, -0.2) is 9.78 Å². The number of hydrogen-bond donors (Lipinski definition) is 1. The fraction of sp³-hybridized carbons (Fsp3) is 0.296. The van der Waals surface area contributed by atoms with E-state index >= 15 is 0 Å². The highest BCUT2D eigenvalue weighted by molar-refractivity contribution is 6.04. The lowest BCUT2D eigenvalue weighted by atomic mass is 10.0. The van der Waals surface area contributed by atoms with Crippen LogP contribution in [0.2, 0.25) is 0 Å². The van der Waals surface area contributed by atoms with Crippen molar-refractivity contribution in [2.45, 2.75) is 25.9 Å². The van der Waals surface area contributed by atoms with Gasteiger partial charge in [0.15, 0.2) is 5.69 Å². The third-order valence-electron chi connectivity index (χ3n) is 5.88. The topological polar surface area (TPSA) is 84.7 Å². The lowest BCUT2D eigenvalue weighted by Crippen LogP contribution is -2.29. The lowest BCUT2D eigenvalue weighted by molar-refractivity contribution is -0.153. The SMILES string of the molecule is CCOC(=O)N1CC[C@H](C/C=C/c2ccc(NC(=O)c3nc(-c4ccccc4)oc3C(F)(F)F)cc2)C1. The summed E-state index contributed by atoms with van der Waals surface area (Å²) in [5.74, 6) is -2.40. The summed E-state index contributed by atoms with van der Waals surface area (Å²) in [5, 5.41) is 2.45. The van der Waals surface area contributed by atoms with Crippen LogP contribution in [0, 0.1) is 5.92 Å². The van der Waals surface area contributed by atoms with Crippen LogP contribution >= 0.6 is 0 Å². The molecule has 1 aromatic heterocycles. The highest BCUT2D eigenvalue weighted by Crippen LogP contribution is 2.35. The van der Waals surface area contributed by atoms with Crippen LogP contribution < -0.4 is 5.32 Å². The number of anilines is 1. The van der Waals surface area contributed by atoms with E-state index in [2.05, 4.69) is 10.3 Å². The molecule has 37 heavy (non-hydrogen) atoms. The molecule has 0 radical (unpaired) electrons. The van der Waals surface area contributed by atoms with Gasteiger partial charge in [0, 0.05) is 24.3 Å². The Hall–Kier alpha value is -4.08. The van der Waals surface area contributed by atoms with Gasteiger partial charge in [-0.3, -0.25) is 4.79 Å². The molecule has 0 unspecified atom stereocenters. The van der Waals surface area contributed by atoms with E-state index in [1.165, 1.54) is 0 Å². The Morgan fingerprint density at radius 1 is 1.16 bits per heavy atom. The molecule has 4 rings (SSSR count). The van der Waals surface area contributed by atoms with E-state index in [1.807, 2.05) is 12.2 Å². The smallest absolute Gasteiger partial charge is 0.450 e. The number of allylic oxidation sites excluding steroid dienone is 1. The number of amides is 2. The fourth-order valence-corrected chi connectivity index (χ4v) is 4.04. The van der Waals surface area contributed by atoms with Crippen LogP contribution in [0.5, 0.6) is 0 Å². The number of ether oxygens (including phenoxy) is 1. The first kappa shape index (κ1) is 26.0. The zero-order valence-corrected chi connectivity index (χ0v) is 20.1. The first-order valence-electron chi connectivity index (χ1n) is 11.9. The number of oxazole rings is 1. The molecule has 1 aliphatic heterocycles. The zero-order chi connectivity index (χ0) is 26.4. The van der Waals surface area contributed by atoms with Gasteiger partial charge < -0.3 is 19.4 Å². The van der Waals surface area contributed by atoms with Gasteiger partial charge in [-0.1, -0.05) is 42.5 Å². The molecule has 0 spiro atoms. The van der Waals surface area contributed by atoms with E-state index in [-0.39, 0.29) is 12.0 Å². The van der Waals surface area contributed by atoms with Gasteiger partial charge in [-0.15, -0.1) is 0 Å². The molecular formula is C27H26F3N3O4. The number of hydrogen-bond acceptors (Lipinski definition) is 5. The zero-order valence-electron chi connectivity index (χ0n) is 20.1. The first-order chi connectivity index (χ1) is 17.7. The minimum atomic E-state index is -4.88. The molecule has 7 nitrogen and oxygen atoms in total. The number of likely N-dealkylation sites (tertiary alicyclic amines) is 1. The molecule has 1 atom stereocenters. The summed E-state index contributed by atoms with van der Waals surface area (Å²) in [6, 6.07) is 14.7. The molecule has 2 aromatic carbocycles. The van der Waals surface area contributed by atoms with Crippen LogP contribution in [0.25, 0.3) is 17.5 Å². The van der Waals surface area contributed by atoms with Crippen molar-refractivity contribution < 1.29 is 31.9 Å². The first-order valence-corrected chi connectivity index (χ1v) is 11.9. The van der Waals surface area contributed by atoms with Gasteiger partial charge in [0.05, 0.1) is 6.61 Å². The Bertz CT molecular complexity index is 1250. The molecule has 1 N–H and O–H groups in total. The van der Waals surface area contributed by atoms with Gasteiger partial charge in [-0.2, -0.15) is 13.2 Å². The molecule has 3 aromatic rings. The van der Waals surface area contributed by atoms with Crippen LogP contribution in [0.4, 0.5) is 23.7 Å². The molecule has 0 saturated carbocycles. The lowest BCUT2D eigenvalue weighted by Gasteiger charge is -2.15. The molecule has 1 fully saturated rings. The van der Waals surface area contributed by atoms with Crippen LogP contribution in [0.1, 0.15) is 41.6 Å². The predicted molar refractivity (Wildman–Crippen MR) is 132 cm³/mol. The third kappa shape index (κ3) is 6.58. The number of carbonyl (C=O) groups is 2. The molecule has 1 aliphatic rings. The Labute approximate surface area is 211 Å². The van der Waals surface area contributed by atoms with E-state index in [4.69, 9.17) is 9.15 Å². The number of alkyl halides is 3. The average molecular weight is 514 g/mol. The fourth-order valence-electron chi connectivity index (χ4n) is 4.04. The van der Waals surface area contributed by atoms with Gasteiger partial charge in [0.25, 0.3) is 5.91 Å². The normalized spacial score (nSPS) is 15.8. The van der Waals surface area contributed by atoms with Crippen molar-refractivity contribution in [3.63, 3.8) is 0 Å². The Morgan fingerprint density at radius 2 is 1.89 bits per heavy atom. The van der Waals surface area contributed by atoms with Crippen LogP contribution in [0.15, 0.2) is 65.1 Å². The maximum Gasteiger partial charge on any atom is 0.452 e. The quantitative estimate of drug-likeness (QED) is 0.390. The summed E-state index contributed by atoms with van der Waals surface area (Å²) in [7, 11) is 0. The predicted octanol–water partition coefficient (Wildman–Crippen LogP) is 6.49. The second kappa shape index (κ2) is 11.3. The van der Waals surface area contributed by atoms with Crippen molar-refractivity contribution in [1.29, 1.82) is 0 Å². The summed E-state index contributed by atoms with van der Waals surface area (Å²) in [6.07, 6.45) is 0.476. The van der Waals surface area contributed by atoms with E-state index in [0.717, 1.165) is 18.4 Å². The molecule has 10 heteroatoms. The van der Waals surface area contributed by atoms with Gasteiger partial charge >= 0.3 is 12.3 Å². The second-order valence-corrected chi connectivity index (χ2v) is 8.57. The van der Waals surface area contributed by atoms with Crippen LogP contribution in [-0.2, 0) is 10.9 Å². The molecule has 0 bridgehead atoms. The van der Waals surface area contributed by atoms with Gasteiger partial charge in [-0.05, 0) is 55.5 Å². The Kier molecular flexibility index (Phi) is 7.95. The third-order valence-corrected chi connectivity index (χ3v) is 5.88. The van der Waals surface area contributed by atoms with Crippen molar-refractivity contribution >= 4 is 23.8 Å². The van der Waals surface area contributed by atoms with Crippen molar-refractivity contribution in [3.8, 4) is 11.5 Å². The summed E-state index contributed by atoms with van der Waals surface area (Å²) >= 11 is 0. The van der Waals surface area contributed by atoms with E-state index in [1.54, 1.807) is 66.4 Å². The van der Waals surface area contributed by atoms with E-state index in [9.17, 15) is 22.8 Å². The molecule has 1 saturated heterocycles. The van der Waals surface area contributed by atoms with Crippen molar-refractivity contribution in [2.75, 3.05) is 25.0 Å². The minimum Gasteiger partial charge on any atom is -0.450 e. The summed E-state index contributed by atoms with van der Waals surface area (Å²) < 4.78 is 50.5. The molecule has 2 amide bonds. The van der Waals surface area contributed by atoms with Crippen LogP contribution in [-0.4, -0.2) is 41.6 Å². The monoisotopic (exact) mass is 513 g/mol. The van der Waals surface area contributed by atoms with Crippen molar-refractivity contribution in [3.05, 3.63) is 77.7 Å². The molecule has 0 aliphatic carbocycles. The van der Waals surface area contributed by atoms with E-state index < -0.39 is 23.5 Å². The maximum atomic E-state index is 13.5. The number of benzene rings is 2. The summed E-state index contributed by atoms with van der Waals surface area (Å²) in [5.41, 5.74) is 0.681. The number of rotatable bonds is 7. The Balaban J connectivity index is 1.37. The maximum absolute atomic E-state index is 13.5. The van der Waals surface area contributed by atoms with Crippen LogP contribution in [0.3, 0.4) is 0 Å². The largest absolute Gasteiger partial charge is 0.452 e. The second-order valence-electron chi connectivity index (χ2n) is 8.57. The molecule has 2 heterocycles. The number of halogens is 3. The average Bonchev–Trinajstić information content (AvgIpc) is 3.54. The number of carbonyl (C=O) groups excluding carboxylic acids is 2. The van der Waals surface area contributed by atoms with E-state index in [0.29, 0.717) is 36.9 Å². The number of aromatic nitrogens is 1. The minimum absolute atomic E-state index is 0.282. The highest BCUT2D eigenvalue weighted by Gasteiger charge is 2.42. The summed E-state index contributed by atoms with van der Waals surface area (Å²) in [6.45, 7) is 3.47. The van der Waals surface area contributed by atoms with Crippen molar-refractivity contribution in [2.24, 2.45) is 5.92 Å². The summed E-state index contributed by atoms with van der Waals surface area (Å²) in [4.78, 5) is 30.0.